The molecule has 2 heterocycles. The Labute approximate surface area is 376 Å². The minimum Gasteiger partial charge on any atom is -0.456 e. The zero-order valence-electron chi connectivity index (χ0n) is 34.8. The van der Waals surface area contributed by atoms with Crippen LogP contribution in [0.5, 0.6) is 0 Å². The minimum atomic E-state index is 0.864. The van der Waals surface area contributed by atoms with Gasteiger partial charge in [-0.25, -0.2) is 0 Å². The van der Waals surface area contributed by atoms with Crippen LogP contribution in [0.1, 0.15) is 0 Å². The van der Waals surface area contributed by atoms with Gasteiger partial charge in [0, 0.05) is 49.6 Å². The Morgan fingerprint density at radius 1 is 0.312 bits per heavy atom. The van der Waals surface area contributed by atoms with Crippen molar-refractivity contribution in [2.75, 3.05) is 9.80 Å². The van der Waals surface area contributed by atoms with E-state index in [4.69, 9.17) is 4.42 Å². The highest BCUT2D eigenvalue weighted by molar-refractivity contribution is 7.17. The second-order valence-electron chi connectivity index (χ2n) is 16.2. The van der Waals surface area contributed by atoms with E-state index in [0.717, 1.165) is 67.2 Å². The molecular formula is C60H40N2OS. The number of benzene rings is 10. The molecule has 3 nitrogen and oxygen atoms in total. The van der Waals surface area contributed by atoms with Crippen LogP contribution in [0.25, 0.3) is 76.2 Å². The van der Waals surface area contributed by atoms with Crippen LogP contribution in [0.2, 0.25) is 0 Å². The quantitative estimate of drug-likeness (QED) is 0.144. The molecule has 0 saturated heterocycles. The summed E-state index contributed by atoms with van der Waals surface area (Å²) < 4.78 is 7.95. The van der Waals surface area contributed by atoms with Gasteiger partial charge in [-0.2, -0.15) is 0 Å². The van der Waals surface area contributed by atoms with Gasteiger partial charge in [0.05, 0.1) is 0 Å². The van der Waals surface area contributed by atoms with Crippen LogP contribution >= 0.6 is 11.3 Å². The summed E-state index contributed by atoms with van der Waals surface area (Å²) in [4.78, 5) is 4.75. The molecule has 64 heavy (non-hydrogen) atoms. The fourth-order valence-electron chi connectivity index (χ4n) is 9.27. The van der Waals surface area contributed by atoms with E-state index in [1.165, 1.54) is 43.1 Å². The summed E-state index contributed by atoms with van der Waals surface area (Å²) in [5.74, 6) is 0. The zero-order chi connectivity index (χ0) is 42.4. The number of nitrogens with zero attached hydrogens (tertiary/aromatic N) is 2. The molecular weight excluding hydrogens is 797 g/mol. The Balaban J connectivity index is 1.09. The molecule has 0 aliphatic carbocycles. The Morgan fingerprint density at radius 3 is 1.53 bits per heavy atom. The fraction of sp³-hybridized carbons (Fsp3) is 0. The molecule has 0 fully saturated rings. The number of rotatable bonds is 9. The van der Waals surface area contributed by atoms with Gasteiger partial charge < -0.3 is 14.2 Å². The maximum Gasteiger partial charge on any atom is 0.136 e. The lowest BCUT2D eigenvalue weighted by molar-refractivity contribution is 0.669. The summed E-state index contributed by atoms with van der Waals surface area (Å²) in [5, 5.41) is 8.03. The van der Waals surface area contributed by atoms with E-state index >= 15 is 0 Å². The number of para-hydroxylation sites is 2. The summed E-state index contributed by atoms with van der Waals surface area (Å²) in [6.45, 7) is 0. The van der Waals surface area contributed by atoms with Crippen LogP contribution in [0.3, 0.4) is 0 Å². The first kappa shape index (κ1) is 37.6. The molecule has 302 valence electrons. The van der Waals surface area contributed by atoms with Gasteiger partial charge in [0.2, 0.25) is 0 Å². The smallest absolute Gasteiger partial charge is 0.136 e. The van der Waals surface area contributed by atoms with Crippen molar-refractivity contribution in [3.63, 3.8) is 0 Å². The van der Waals surface area contributed by atoms with Gasteiger partial charge in [-0.05, 0) is 152 Å². The van der Waals surface area contributed by atoms with E-state index in [9.17, 15) is 0 Å². The number of anilines is 6. The first-order valence-corrected chi connectivity index (χ1v) is 22.5. The van der Waals surface area contributed by atoms with Gasteiger partial charge in [-0.15, -0.1) is 11.3 Å². The number of fused-ring (bicyclic) bond motifs is 6. The second kappa shape index (κ2) is 15.9. The van der Waals surface area contributed by atoms with Crippen molar-refractivity contribution in [1.29, 1.82) is 0 Å². The molecule has 0 amide bonds. The van der Waals surface area contributed by atoms with Crippen LogP contribution in [-0.2, 0) is 0 Å². The van der Waals surface area contributed by atoms with E-state index in [0.29, 0.717) is 0 Å². The lowest BCUT2D eigenvalue weighted by Gasteiger charge is -2.30. The Kier molecular flexibility index (Phi) is 9.36. The first-order valence-electron chi connectivity index (χ1n) is 21.6. The van der Waals surface area contributed by atoms with Gasteiger partial charge in [-0.3, -0.25) is 0 Å². The first-order chi connectivity index (χ1) is 31.7. The summed E-state index contributed by atoms with van der Waals surface area (Å²) >= 11 is 1.78. The van der Waals surface area contributed by atoms with Gasteiger partial charge in [0.1, 0.15) is 11.2 Å². The van der Waals surface area contributed by atoms with Crippen molar-refractivity contribution < 1.29 is 4.42 Å². The third-order valence-electron chi connectivity index (χ3n) is 12.3. The average molecular weight is 837 g/mol. The summed E-state index contributed by atoms with van der Waals surface area (Å²) in [7, 11) is 0. The molecule has 0 saturated carbocycles. The maximum atomic E-state index is 6.65. The molecule has 0 unspecified atom stereocenters. The zero-order valence-corrected chi connectivity index (χ0v) is 35.6. The van der Waals surface area contributed by atoms with Crippen molar-refractivity contribution in [3.8, 4) is 33.4 Å². The van der Waals surface area contributed by atoms with Crippen molar-refractivity contribution in [2.45, 2.75) is 0 Å². The molecule has 0 N–H and O–H groups in total. The van der Waals surface area contributed by atoms with Crippen LogP contribution in [0, 0.1) is 0 Å². The van der Waals surface area contributed by atoms with Crippen LogP contribution < -0.4 is 9.80 Å². The highest BCUT2D eigenvalue weighted by Gasteiger charge is 2.22. The van der Waals surface area contributed by atoms with E-state index in [1.807, 2.05) is 0 Å². The van der Waals surface area contributed by atoms with Crippen molar-refractivity contribution in [1.82, 2.24) is 0 Å². The summed E-state index contributed by atoms with van der Waals surface area (Å²) in [6.07, 6.45) is 0. The van der Waals surface area contributed by atoms with Crippen molar-refractivity contribution >= 4 is 88.3 Å². The predicted molar refractivity (Wildman–Crippen MR) is 272 cm³/mol. The fourth-order valence-corrected chi connectivity index (χ4v) is 10.0. The van der Waals surface area contributed by atoms with E-state index in [2.05, 4.69) is 252 Å². The molecule has 4 heteroatoms. The van der Waals surface area contributed by atoms with Crippen molar-refractivity contribution in [3.05, 3.63) is 242 Å². The second-order valence-corrected chi connectivity index (χ2v) is 17.1. The monoisotopic (exact) mass is 836 g/mol. The predicted octanol–water partition coefficient (Wildman–Crippen LogP) is 17.9. The molecule has 2 aromatic heterocycles. The maximum absolute atomic E-state index is 6.65. The Hall–Kier alpha value is -8.18. The van der Waals surface area contributed by atoms with Gasteiger partial charge in [0.25, 0.3) is 0 Å². The molecule has 0 radical (unpaired) electrons. The molecule has 0 atom stereocenters. The third-order valence-corrected chi connectivity index (χ3v) is 13.2. The SMILES string of the molecule is c1ccc(-c2ccc(N(c3ccccc3)c3cc(-c4cccc5oc6ccc7ccccc7c6c45)cc(N(c4ccccc4)c4ccc(-c5ccc6sccc6c5)cc4)c3)cc2)cc1. The number of furan rings is 1. The normalized spacial score (nSPS) is 11.4. The van der Waals surface area contributed by atoms with Gasteiger partial charge in [-0.1, -0.05) is 140 Å². The van der Waals surface area contributed by atoms with E-state index in [1.54, 1.807) is 11.3 Å². The number of hydrogen-bond acceptors (Lipinski definition) is 4. The number of thiophene rings is 1. The third kappa shape index (κ3) is 6.78. The standard InChI is InChI=1S/C60H40N2OS/c1-4-13-41(14-5-1)42-23-29-50(30-24-42)61(48-16-6-2-7-17-48)52-38-47(55-21-12-22-56-60(55)59-54-20-11-10-15-44(54)27-33-57(59)63-56)39-53(40-52)62(49-18-8-3-9-19-49)51-31-25-43(26-32-51)45-28-34-58-46(37-45)35-36-64-58/h1-40H. The molecule has 0 aliphatic rings. The number of hydrogen-bond donors (Lipinski definition) is 0. The average Bonchev–Trinajstić information content (AvgIpc) is 4.01. The molecule has 0 aliphatic heterocycles. The molecule has 12 aromatic rings. The van der Waals surface area contributed by atoms with Crippen LogP contribution in [0.4, 0.5) is 34.1 Å². The van der Waals surface area contributed by atoms with Gasteiger partial charge >= 0.3 is 0 Å². The lowest BCUT2D eigenvalue weighted by Crippen LogP contribution is -2.13. The highest BCUT2D eigenvalue weighted by Crippen LogP contribution is 2.47. The lowest BCUT2D eigenvalue weighted by atomic mass is 9.95. The van der Waals surface area contributed by atoms with Crippen LogP contribution in [0.15, 0.2) is 246 Å². The Bertz CT molecular complexity index is 3600. The van der Waals surface area contributed by atoms with Gasteiger partial charge in [0.15, 0.2) is 0 Å². The molecule has 12 rings (SSSR count). The topological polar surface area (TPSA) is 19.6 Å². The van der Waals surface area contributed by atoms with Crippen molar-refractivity contribution in [2.24, 2.45) is 0 Å². The largest absolute Gasteiger partial charge is 0.456 e. The molecule has 0 bridgehead atoms. The summed E-state index contributed by atoms with van der Waals surface area (Å²) in [5.41, 5.74) is 15.0. The molecule has 10 aromatic carbocycles. The highest BCUT2D eigenvalue weighted by atomic mass is 32.1. The van der Waals surface area contributed by atoms with E-state index < -0.39 is 0 Å². The van der Waals surface area contributed by atoms with Crippen LogP contribution in [-0.4, -0.2) is 0 Å². The molecule has 0 spiro atoms. The Morgan fingerprint density at radius 2 is 0.859 bits per heavy atom. The minimum absolute atomic E-state index is 0.864. The van der Waals surface area contributed by atoms with E-state index in [-0.39, 0.29) is 0 Å². The summed E-state index contributed by atoms with van der Waals surface area (Å²) in [6, 6.07) is 85.2.